The summed E-state index contributed by atoms with van der Waals surface area (Å²) in [5.41, 5.74) is 1.97. The van der Waals surface area contributed by atoms with Gasteiger partial charge in [0.05, 0.1) is 0 Å². The van der Waals surface area contributed by atoms with Crippen molar-refractivity contribution in [3.05, 3.63) is 29.3 Å². The van der Waals surface area contributed by atoms with Gasteiger partial charge < -0.3 is 10.4 Å². The van der Waals surface area contributed by atoms with Crippen LogP contribution in [-0.2, 0) is 6.54 Å². The Hall–Kier alpha value is -1.02. The summed E-state index contributed by atoms with van der Waals surface area (Å²) in [6.45, 7) is 4.95. The van der Waals surface area contributed by atoms with Crippen LogP contribution in [0, 0.1) is 12.8 Å². The second-order valence-corrected chi connectivity index (χ2v) is 4.47. The van der Waals surface area contributed by atoms with Gasteiger partial charge in [0.15, 0.2) is 0 Å². The molecule has 0 spiro atoms. The fourth-order valence-electron chi connectivity index (χ4n) is 2.05. The Kier molecular flexibility index (Phi) is 2.96. The lowest BCUT2D eigenvalue weighted by Crippen LogP contribution is -2.17. The highest BCUT2D eigenvalue weighted by Crippen LogP contribution is 2.33. The minimum atomic E-state index is 0.443. The van der Waals surface area contributed by atoms with Crippen LogP contribution in [0.5, 0.6) is 5.75 Å². The van der Waals surface area contributed by atoms with Gasteiger partial charge in [-0.3, -0.25) is 0 Å². The van der Waals surface area contributed by atoms with Crippen LogP contribution in [-0.4, -0.2) is 11.1 Å². The molecule has 82 valence electrons. The SMILES string of the molecule is CCC1CC1NCc1cccc(C)c1O. The molecule has 1 aromatic carbocycles. The molecule has 0 aliphatic heterocycles. The lowest BCUT2D eigenvalue weighted by Gasteiger charge is -2.08. The molecule has 2 N–H and O–H groups in total. The molecule has 0 radical (unpaired) electrons. The molecule has 0 aromatic heterocycles. The Bertz CT molecular complexity index is 348. The summed E-state index contributed by atoms with van der Waals surface area (Å²) in [6, 6.07) is 6.59. The first-order chi connectivity index (χ1) is 7.22. The fraction of sp³-hybridized carbons (Fsp3) is 0.538. The van der Waals surface area contributed by atoms with E-state index in [2.05, 4.69) is 12.2 Å². The lowest BCUT2D eigenvalue weighted by atomic mass is 10.1. The quantitative estimate of drug-likeness (QED) is 0.792. The number of hydrogen-bond acceptors (Lipinski definition) is 2. The molecule has 2 nitrogen and oxygen atoms in total. The molecule has 2 heteroatoms. The van der Waals surface area contributed by atoms with Crippen LogP contribution in [0.2, 0.25) is 0 Å². The highest BCUT2D eigenvalue weighted by Gasteiger charge is 2.34. The molecule has 0 heterocycles. The van der Waals surface area contributed by atoms with E-state index < -0.39 is 0 Å². The highest BCUT2D eigenvalue weighted by atomic mass is 16.3. The molecule has 1 aliphatic rings. The van der Waals surface area contributed by atoms with Crippen molar-refractivity contribution in [2.75, 3.05) is 0 Å². The second kappa shape index (κ2) is 4.23. The Morgan fingerprint density at radius 1 is 1.47 bits per heavy atom. The molecule has 15 heavy (non-hydrogen) atoms. The summed E-state index contributed by atoms with van der Waals surface area (Å²) in [5, 5.41) is 13.3. The summed E-state index contributed by atoms with van der Waals surface area (Å²) >= 11 is 0. The van der Waals surface area contributed by atoms with Crippen molar-refractivity contribution in [1.29, 1.82) is 0 Å². The van der Waals surface area contributed by atoms with Crippen molar-refractivity contribution in [2.24, 2.45) is 5.92 Å². The van der Waals surface area contributed by atoms with E-state index in [1.807, 2.05) is 25.1 Å². The number of aromatic hydroxyl groups is 1. The zero-order valence-corrected chi connectivity index (χ0v) is 9.46. The van der Waals surface area contributed by atoms with Crippen LogP contribution in [0.25, 0.3) is 0 Å². The number of rotatable bonds is 4. The number of benzene rings is 1. The molecule has 1 saturated carbocycles. The Balaban J connectivity index is 1.91. The van der Waals surface area contributed by atoms with E-state index in [-0.39, 0.29) is 0 Å². The highest BCUT2D eigenvalue weighted by molar-refractivity contribution is 5.39. The van der Waals surface area contributed by atoms with E-state index in [1.165, 1.54) is 12.8 Å². The summed E-state index contributed by atoms with van der Waals surface area (Å²) in [6.07, 6.45) is 2.56. The number of nitrogens with one attached hydrogen (secondary N) is 1. The molecule has 1 fully saturated rings. The van der Waals surface area contributed by atoms with Crippen LogP contribution < -0.4 is 5.32 Å². The molecule has 0 amide bonds. The number of phenolic OH excluding ortho intramolecular Hbond substituents is 1. The van der Waals surface area contributed by atoms with Gasteiger partial charge in [-0.05, 0) is 24.8 Å². The van der Waals surface area contributed by atoms with Gasteiger partial charge in [-0.15, -0.1) is 0 Å². The maximum Gasteiger partial charge on any atom is 0.122 e. The zero-order chi connectivity index (χ0) is 10.8. The summed E-state index contributed by atoms with van der Waals surface area (Å²) in [4.78, 5) is 0. The summed E-state index contributed by atoms with van der Waals surface area (Å²) < 4.78 is 0. The Morgan fingerprint density at radius 2 is 2.27 bits per heavy atom. The van der Waals surface area contributed by atoms with Crippen LogP contribution in [0.3, 0.4) is 0 Å². The third-order valence-corrected chi connectivity index (χ3v) is 3.32. The average Bonchev–Trinajstić information content (AvgIpc) is 2.99. The lowest BCUT2D eigenvalue weighted by molar-refractivity contribution is 0.459. The molecule has 2 atom stereocenters. The molecule has 2 unspecified atom stereocenters. The summed E-state index contributed by atoms with van der Waals surface area (Å²) in [5.74, 6) is 1.30. The molecule has 1 aromatic rings. The molecule has 2 rings (SSSR count). The van der Waals surface area contributed by atoms with Crippen molar-refractivity contribution >= 4 is 0 Å². The second-order valence-electron chi connectivity index (χ2n) is 4.47. The first-order valence-electron chi connectivity index (χ1n) is 5.73. The molecule has 0 saturated heterocycles. The van der Waals surface area contributed by atoms with Crippen molar-refractivity contribution in [2.45, 2.75) is 39.3 Å². The first-order valence-corrected chi connectivity index (χ1v) is 5.73. The van der Waals surface area contributed by atoms with Crippen molar-refractivity contribution in [3.63, 3.8) is 0 Å². The number of phenols is 1. The van der Waals surface area contributed by atoms with Crippen LogP contribution in [0.15, 0.2) is 18.2 Å². The average molecular weight is 205 g/mol. The summed E-state index contributed by atoms with van der Waals surface area (Å²) in [7, 11) is 0. The fourth-order valence-corrected chi connectivity index (χ4v) is 2.05. The van der Waals surface area contributed by atoms with Gasteiger partial charge in [-0.25, -0.2) is 0 Å². The van der Waals surface area contributed by atoms with E-state index in [4.69, 9.17) is 0 Å². The van der Waals surface area contributed by atoms with Crippen LogP contribution in [0.4, 0.5) is 0 Å². The Labute approximate surface area is 91.3 Å². The van der Waals surface area contributed by atoms with Gasteiger partial charge in [-0.1, -0.05) is 31.5 Å². The predicted molar refractivity (Wildman–Crippen MR) is 61.9 cm³/mol. The maximum atomic E-state index is 9.81. The van der Waals surface area contributed by atoms with E-state index in [9.17, 15) is 5.11 Å². The van der Waals surface area contributed by atoms with E-state index in [0.29, 0.717) is 11.8 Å². The smallest absolute Gasteiger partial charge is 0.122 e. The van der Waals surface area contributed by atoms with Gasteiger partial charge in [0, 0.05) is 18.2 Å². The van der Waals surface area contributed by atoms with Gasteiger partial charge >= 0.3 is 0 Å². The molecular formula is C13H19NO. The van der Waals surface area contributed by atoms with Crippen molar-refractivity contribution in [1.82, 2.24) is 5.32 Å². The number of aryl methyl sites for hydroxylation is 1. The molecule has 0 bridgehead atoms. The van der Waals surface area contributed by atoms with E-state index in [0.717, 1.165) is 23.6 Å². The van der Waals surface area contributed by atoms with E-state index in [1.54, 1.807) is 0 Å². The van der Waals surface area contributed by atoms with Gasteiger partial charge in [0.2, 0.25) is 0 Å². The van der Waals surface area contributed by atoms with Crippen molar-refractivity contribution < 1.29 is 5.11 Å². The molecule has 1 aliphatic carbocycles. The number of para-hydroxylation sites is 1. The Morgan fingerprint density at radius 3 is 2.93 bits per heavy atom. The third-order valence-electron chi connectivity index (χ3n) is 3.32. The zero-order valence-electron chi connectivity index (χ0n) is 9.46. The normalized spacial score (nSPS) is 24.1. The van der Waals surface area contributed by atoms with Gasteiger partial charge in [0.1, 0.15) is 5.75 Å². The van der Waals surface area contributed by atoms with Gasteiger partial charge in [0.25, 0.3) is 0 Å². The topological polar surface area (TPSA) is 32.3 Å². The third kappa shape index (κ3) is 2.32. The minimum absolute atomic E-state index is 0.443. The predicted octanol–water partition coefficient (Wildman–Crippen LogP) is 2.59. The first kappa shape index (κ1) is 10.5. The van der Waals surface area contributed by atoms with Crippen LogP contribution >= 0.6 is 0 Å². The molecular weight excluding hydrogens is 186 g/mol. The standard InChI is InChI=1S/C13H19NO/c1-3-10-7-12(10)14-8-11-6-4-5-9(2)13(11)15/h4-6,10,12,14-15H,3,7-8H2,1-2H3. The van der Waals surface area contributed by atoms with E-state index >= 15 is 0 Å². The van der Waals surface area contributed by atoms with Crippen LogP contribution in [0.1, 0.15) is 30.9 Å². The monoisotopic (exact) mass is 205 g/mol. The van der Waals surface area contributed by atoms with Gasteiger partial charge in [-0.2, -0.15) is 0 Å². The van der Waals surface area contributed by atoms with Crippen molar-refractivity contribution in [3.8, 4) is 5.75 Å². The largest absolute Gasteiger partial charge is 0.507 e. The number of hydrogen-bond donors (Lipinski definition) is 2. The minimum Gasteiger partial charge on any atom is -0.507 e. The maximum absolute atomic E-state index is 9.81.